The molecule has 1 heterocycles. The highest BCUT2D eigenvalue weighted by Crippen LogP contribution is 2.14. The van der Waals surface area contributed by atoms with Crippen LogP contribution in [0, 0.1) is 0 Å². The van der Waals surface area contributed by atoms with Crippen molar-refractivity contribution >= 4 is 28.6 Å². The molecule has 0 unspecified atom stereocenters. The van der Waals surface area contributed by atoms with E-state index in [0.717, 1.165) is 6.54 Å². The van der Waals surface area contributed by atoms with Crippen molar-refractivity contribution in [2.75, 3.05) is 13.2 Å². The van der Waals surface area contributed by atoms with Gasteiger partial charge in [-0.25, -0.2) is 4.98 Å². The Labute approximate surface area is 114 Å². The largest absolute Gasteiger partial charge is 0.484 e. The lowest BCUT2D eigenvalue weighted by Crippen LogP contribution is -2.23. The first-order valence-electron chi connectivity index (χ1n) is 5.20. The van der Waals surface area contributed by atoms with Gasteiger partial charge in [0.1, 0.15) is 18.5 Å². The van der Waals surface area contributed by atoms with E-state index < -0.39 is 0 Å². The van der Waals surface area contributed by atoms with Gasteiger partial charge in [-0.2, -0.15) is 0 Å². The van der Waals surface area contributed by atoms with Crippen LogP contribution in [0.25, 0.3) is 0 Å². The van der Waals surface area contributed by atoms with E-state index in [2.05, 4.69) is 31.4 Å². The number of halogens is 1. The van der Waals surface area contributed by atoms with Gasteiger partial charge >= 0.3 is 0 Å². The molecule has 0 amide bonds. The van der Waals surface area contributed by atoms with Crippen LogP contribution in [-0.4, -0.2) is 30.0 Å². The highest BCUT2D eigenvalue weighted by atomic mass is 127. The van der Waals surface area contributed by atoms with Gasteiger partial charge in [-0.15, -0.1) is 0 Å². The Morgan fingerprint density at radius 3 is 2.88 bits per heavy atom. The second kappa shape index (κ2) is 7.44. The number of nitrogens with one attached hydrogen (secondary N) is 1. The number of nitrogens with zero attached hydrogens (tertiary/aromatic N) is 1. The van der Waals surface area contributed by atoms with Crippen molar-refractivity contribution in [2.24, 2.45) is 0 Å². The second-order valence-electron chi connectivity index (χ2n) is 3.59. The molecule has 0 bridgehead atoms. The summed E-state index contributed by atoms with van der Waals surface area (Å²) in [5, 5.41) is 0. The number of pyridine rings is 1. The van der Waals surface area contributed by atoms with Gasteiger partial charge in [0.2, 0.25) is 5.88 Å². The quantitative estimate of drug-likeness (QED) is 0.600. The highest BCUT2D eigenvalue weighted by molar-refractivity contribution is 14.1. The van der Waals surface area contributed by atoms with Crippen LogP contribution in [0.15, 0.2) is 18.3 Å². The maximum atomic E-state index is 10.7. The second-order valence-corrected chi connectivity index (χ2v) is 4.35. The molecular weight excluding hydrogens is 335 g/mol. The zero-order chi connectivity index (χ0) is 12.7. The molecule has 0 aliphatic heterocycles. The third-order valence-electron chi connectivity index (χ3n) is 1.84. The van der Waals surface area contributed by atoms with Gasteiger partial charge in [0, 0.05) is 35.5 Å². The smallest absolute Gasteiger partial charge is 0.213 e. The molecular formula is C11H15IN2O3. The maximum Gasteiger partial charge on any atom is 0.213 e. The van der Waals surface area contributed by atoms with E-state index in [1.807, 2.05) is 6.92 Å². The van der Waals surface area contributed by atoms with E-state index in [4.69, 9.17) is 9.47 Å². The number of carbonyl (C=O) groups is 1. The first-order valence-corrected chi connectivity index (χ1v) is 6.28. The Balaban J connectivity index is 2.47. The summed E-state index contributed by atoms with van der Waals surface area (Å²) in [7, 11) is 0. The molecule has 0 aliphatic rings. The Morgan fingerprint density at radius 2 is 2.35 bits per heavy atom. The van der Waals surface area contributed by atoms with Crippen LogP contribution in [-0.2, 0) is 4.79 Å². The molecule has 0 aliphatic carbocycles. The summed E-state index contributed by atoms with van der Waals surface area (Å²) in [6.45, 7) is 4.24. The SMILES string of the molecule is CC(=O)COc1ccc(O[C@@H](C)CNI)nc1. The van der Waals surface area contributed by atoms with Crippen LogP contribution >= 0.6 is 22.9 Å². The van der Waals surface area contributed by atoms with Crippen molar-refractivity contribution in [3.05, 3.63) is 18.3 Å². The predicted octanol–water partition coefficient (Wildman–Crippen LogP) is 1.76. The van der Waals surface area contributed by atoms with Crippen molar-refractivity contribution in [3.8, 4) is 11.6 Å². The summed E-state index contributed by atoms with van der Waals surface area (Å²) in [6, 6.07) is 3.45. The fourth-order valence-electron chi connectivity index (χ4n) is 1.06. The molecule has 1 aromatic heterocycles. The minimum atomic E-state index is -0.0212. The topological polar surface area (TPSA) is 60.5 Å². The summed E-state index contributed by atoms with van der Waals surface area (Å²) in [5.74, 6) is 1.08. The van der Waals surface area contributed by atoms with Crippen LogP contribution in [0.2, 0.25) is 0 Å². The van der Waals surface area contributed by atoms with Crippen molar-refractivity contribution in [1.29, 1.82) is 0 Å². The average molecular weight is 350 g/mol. The van der Waals surface area contributed by atoms with E-state index in [-0.39, 0.29) is 18.5 Å². The number of hydrogen-bond acceptors (Lipinski definition) is 5. The molecule has 1 rings (SSSR count). The molecule has 94 valence electrons. The Bertz CT molecular complexity index is 356. The monoisotopic (exact) mass is 350 g/mol. The first-order chi connectivity index (χ1) is 8.11. The Morgan fingerprint density at radius 1 is 1.59 bits per heavy atom. The van der Waals surface area contributed by atoms with Gasteiger partial charge in [0.05, 0.1) is 6.20 Å². The van der Waals surface area contributed by atoms with E-state index in [1.54, 1.807) is 18.3 Å². The van der Waals surface area contributed by atoms with E-state index in [0.29, 0.717) is 11.6 Å². The summed E-state index contributed by atoms with van der Waals surface area (Å²) in [4.78, 5) is 14.8. The third-order valence-corrected chi connectivity index (χ3v) is 2.28. The summed E-state index contributed by atoms with van der Waals surface area (Å²) >= 11 is 2.07. The molecule has 0 fully saturated rings. The van der Waals surface area contributed by atoms with Gasteiger partial charge in [-0.05, 0) is 19.9 Å². The van der Waals surface area contributed by atoms with Crippen molar-refractivity contribution < 1.29 is 14.3 Å². The summed E-state index contributed by atoms with van der Waals surface area (Å²) in [6.07, 6.45) is 1.59. The molecule has 1 atom stereocenters. The lowest BCUT2D eigenvalue weighted by Gasteiger charge is -2.12. The first kappa shape index (κ1) is 14.2. The lowest BCUT2D eigenvalue weighted by atomic mass is 10.4. The van der Waals surface area contributed by atoms with Crippen molar-refractivity contribution in [1.82, 2.24) is 8.51 Å². The number of Topliss-reactive ketones (excluding diaryl/α,β-unsaturated/α-hetero) is 1. The van der Waals surface area contributed by atoms with Crippen molar-refractivity contribution in [2.45, 2.75) is 20.0 Å². The van der Waals surface area contributed by atoms with Crippen LogP contribution in [0.1, 0.15) is 13.8 Å². The lowest BCUT2D eigenvalue weighted by molar-refractivity contribution is -0.118. The molecule has 1 N–H and O–H groups in total. The number of ether oxygens (including phenoxy) is 2. The molecule has 5 nitrogen and oxygen atoms in total. The number of aromatic nitrogens is 1. The minimum Gasteiger partial charge on any atom is -0.484 e. The zero-order valence-electron chi connectivity index (χ0n) is 9.77. The Kier molecular flexibility index (Phi) is 6.20. The highest BCUT2D eigenvalue weighted by Gasteiger charge is 2.04. The number of hydrogen-bond donors (Lipinski definition) is 1. The minimum absolute atomic E-state index is 0.0212. The molecule has 0 spiro atoms. The van der Waals surface area contributed by atoms with Gasteiger partial charge in [-0.1, -0.05) is 0 Å². The summed E-state index contributed by atoms with van der Waals surface area (Å²) < 4.78 is 13.7. The van der Waals surface area contributed by atoms with Crippen molar-refractivity contribution in [3.63, 3.8) is 0 Å². The van der Waals surface area contributed by atoms with E-state index in [1.165, 1.54) is 6.92 Å². The van der Waals surface area contributed by atoms with E-state index in [9.17, 15) is 4.79 Å². The third kappa shape index (κ3) is 5.83. The molecule has 0 saturated heterocycles. The molecule has 0 radical (unpaired) electrons. The van der Waals surface area contributed by atoms with Crippen LogP contribution < -0.4 is 13.0 Å². The van der Waals surface area contributed by atoms with Gasteiger partial charge in [0.15, 0.2) is 5.78 Å². The molecule has 17 heavy (non-hydrogen) atoms. The van der Waals surface area contributed by atoms with Gasteiger partial charge in [-0.3, -0.25) is 8.32 Å². The van der Waals surface area contributed by atoms with Gasteiger partial charge in [0.25, 0.3) is 0 Å². The number of carbonyl (C=O) groups excluding carboxylic acids is 1. The normalized spacial score (nSPS) is 11.9. The molecule has 0 aromatic carbocycles. The Hall–Kier alpha value is -0.890. The van der Waals surface area contributed by atoms with Gasteiger partial charge < -0.3 is 9.47 Å². The predicted molar refractivity (Wildman–Crippen MR) is 72.5 cm³/mol. The number of rotatable bonds is 7. The molecule has 6 heteroatoms. The fraction of sp³-hybridized carbons (Fsp3) is 0.455. The van der Waals surface area contributed by atoms with Crippen LogP contribution in [0.4, 0.5) is 0 Å². The standard InChI is InChI=1S/C11H15IN2O3/c1-8(15)7-16-10-3-4-11(13-6-10)17-9(2)5-14-12/h3-4,6,9,14H,5,7H2,1-2H3/t9-/m0/s1. The molecule has 1 aromatic rings. The maximum absolute atomic E-state index is 10.7. The summed E-state index contributed by atoms with van der Waals surface area (Å²) in [5.41, 5.74) is 0. The fourth-order valence-corrected chi connectivity index (χ4v) is 1.68. The zero-order valence-corrected chi connectivity index (χ0v) is 11.9. The van der Waals surface area contributed by atoms with E-state index >= 15 is 0 Å². The average Bonchev–Trinajstić information content (AvgIpc) is 2.28. The van der Waals surface area contributed by atoms with Crippen LogP contribution in [0.3, 0.4) is 0 Å². The van der Waals surface area contributed by atoms with Crippen LogP contribution in [0.5, 0.6) is 11.6 Å². The number of ketones is 1. The molecule has 0 saturated carbocycles.